The van der Waals surface area contributed by atoms with Crippen molar-refractivity contribution in [3.8, 4) is 0 Å². The average Bonchev–Trinajstić information content (AvgIpc) is 2.29. The van der Waals surface area contributed by atoms with Crippen LogP contribution in [0.5, 0.6) is 0 Å². The van der Waals surface area contributed by atoms with Crippen LogP contribution in [0.15, 0.2) is 0 Å². The monoisotopic (exact) mass is 171 g/mol. The molecule has 1 unspecified atom stereocenters. The summed E-state index contributed by atoms with van der Waals surface area (Å²) in [5, 5.41) is 0. The van der Waals surface area contributed by atoms with Gasteiger partial charge in [-0.15, -0.1) is 0 Å². The molecule has 1 spiro atoms. The van der Waals surface area contributed by atoms with Crippen LogP contribution in [0.25, 0.3) is 0 Å². The first-order chi connectivity index (χ1) is 5.55. The SMILES string of the molecule is CC1(C)CC2(C1)OCC(CN)O2. The van der Waals surface area contributed by atoms with Crippen molar-refractivity contribution >= 4 is 0 Å². The van der Waals surface area contributed by atoms with Gasteiger partial charge in [-0.3, -0.25) is 0 Å². The fourth-order valence-corrected chi connectivity index (χ4v) is 2.32. The molecule has 2 aliphatic rings. The highest BCUT2D eigenvalue weighted by molar-refractivity contribution is 4.98. The largest absolute Gasteiger partial charge is 0.347 e. The van der Waals surface area contributed by atoms with Gasteiger partial charge in [-0.1, -0.05) is 13.8 Å². The summed E-state index contributed by atoms with van der Waals surface area (Å²) in [6, 6.07) is 0. The quantitative estimate of drug-likeness (QED) is 0.637. The van der Waals surface area contributed by atoms with E-state index < -0.39 is 0 Å². The fraction of sp³-hybridized carbons (Fsp3) is 1.00. The van der Waals surface area contributed by atoms with E-state index in [2.05, 4.69) is 13.8 Å². The van der Waals surface area contributed by atoms with Crippen LogP contribution in [-0.4, -0.2) is 25.0 Å². The molecule has 0 amide bonds. The summed E-state index contributed by atoms with van der Waals surface area (Å²) in [6.07, 6.45) is 2.15. The third-order valence-corrected chi connectivity index (χ3v) is 2.67. The third-order valence-electron chi connectivity index (χ3n) is 2.67. The lowest BCUT2D eigenvalue weighted by Crippen LogP contribution is -2.50. The molecule has 0 aromatic heterocycles. The number of hydrogen-bond acceptors (Lipinski definition) is 3. The van der Waals surface area contributed by atoms with E-state index in [1.54, 1.807) is 0 Å². The van der Waals surface area contributed by atoms with Gasteiger partial charge in [0.25, 0.3) is 0 Å². The number of nitrogens with two attached hydrogens (primary N) is 1. The van der Waals surface area contributed by atoms with Crippen LogP contribution < -0.4 is 5.73 Å². The predicted molar refractivity (Wildman–Crippen MR) is 45.6 cm³/mol. The lowest BCUT2D eigenvalue weighted by Gasteiger charge is -2.49. The summed E-state index contributed by atoms with van der Waals surface area (Å²) in [4.78, 5) is 0. The zero-order valence-electron chi connectivity index (χ0n) is 7.80. The molecule has 3 nitrogen and oxygen atoms in total. The van der Waals surface area contributed by atoms with Gasteiger partial charge in [-0.25, -0.2) is 0 Å². The third kappa shape index (κ3) is 1.26. The molecule has 0 bridgehead atoms. The molecule has 1 saturated heterocycles. The zero-order chi connectivity index (χ0) is 8.82. The van der Waals surface area contributed by atoms with Crippen molar-refractivity contribution in [3.05, 3.63) is 0 Å². The normalized spacial score (nSPS) is 36.8. The van der Waals surface area contributed by atoms with E-state index in [1.807, 2.05) is 0 Å². The Morgan fingerprint density at radius 2 is 2.08 bits per heavy atom. The Labute approximate surface area is 73.2 Å². The minimum atomic E-state index is -0.256. The first-order valence-corrected chi connectivity index (χ1v) is 4.57. The van der Waals surface area contributed by atoms with E-state index in [-0.39, 0.29) is 11.9 Å². The predicted octanol–water partition coefficient (Wildman–Crippen LogP) is 0.877. The zero-order valence-corrected chi connectivity index (χ0v) is 7.80. The molecule has 3 heteroatoms. The Bertz CT molecular complexity index is 183. The van der Waals surface area contributed by atoms with Gasteiger partial charge >= 0.3 is 0 Å². The Hall–Kier alpha value is -0.120. The molecule has 1 saturated carbocycles. The van der Waals surface area contributed by atoms with Crippen molar-refractivity contribution in [3.63, 3.8) is 0 Å². The van der Waals surface area contributed by atoms with Crippen LogP contribution in [0.4, 0.5) is 0 Å². The van der Waals surface area contributed by atoms with Crippen LogP contribution in [0.3, 0.4) is 0 Å². The molecule has 2 rings (SSSR count). The molecule has 70 valence electrons. The van der Waals surface area contributed by atoms with E-state index in [4.69, 9.17) is 15.2 Å². The highest BCUT2D eigenvalue weighted by Gasteiger charge is 2.55. The lowest BCUT2D eigenvalue weighted by molar-refractivity contribution is -0.260. The summed E-state index contributed by atoms with van der Waals surface area (Å²) in [5.41, 5.74) is 5.89. The summed E-state index contributed by atoms with van der Waals surface area (Å²) >= 11 is 0. The molecule has 12 heavy (non-hydrogen) atoms. The maximum absolute atomic E-state index is 5.72. The molecule has 0 aromatic carbocycles. The summed E-state index contributed by atoms with van der Waals surface area (Å²) in [7, 11) is 0. The van der Waals surface area contributed by atoms with Crippen LogP contribution in [-0.2, 0) is 9.47 Å². The Balaban J connectivity index is 1.92. The van der Waals surface area contributed by atoms with Crippen molar-refractivity contribution in [2.45, 2.75) is 38.6 Å². The minimum Gasteiger partial charge on any atom is -0.347 e. The molecular formula is C9H17NO2. The number of ether oxygens (including phenoxy) is 2. The van der Waals surface area contributed by atoms with Crippen molar-refractivity contribution in [2.24, 2.45) is 11.1 Å². The molecule has 1 heterocycles. The number of rotatable bonds is 1. The second kappa shape index (κ2) is 2.44. The number of hydrogen-bond donors (Lipinski definition) is 1. The maximum atomic E-state index is 5.72. The Kier molecular flexibility index (Phi) is 1.72. The highest BCUT2D eigenvalue weighted by atomic mass is 16.7. The Morgan fingerprint density at radius 1 is 1.42 bits per heavy atom. The Morgan fingerprint density at radius 3 is 2.50 bits per heavy atom. The molecule has 1 atom stereocenters. The van der Waals surface area contributed by atoms with Gasteiger partial charge in [0.15, 0.2) is 5.79 Å². The second-order valence-corrected chi connectivity index (χ2v) is 4.72. The van der Waals surface area contributed by atoms with Gasteiger partial charge in [0.1, 0.15) is 0 Å². The van der Waals surface area contributed by atoms with E-state index in [0.717, 1.165) is 12.8 Å². The van der Waals surface area contributed by atoms with Gasteiger partial charge in [0.2, 0.25) is 0 Å². The molecular weight excluding hydrogens is 154 g/mol. The average molecular weight is 171 g/mol. The summed E-state index contributed by atoms with van der Waals surface area (Å²) in [5.74, 6) is -0.256. The fourth-order valence-electron chi connectivity index (χ4n) is 2.32. The van der Waals surface area contributed by atoms with E-state index in [0.29, 0.717) is 18.6 Å². The molecule has 1 aliphatic carbocycles. The van der Waals surface area contributed by atoms with Crippen molar-refractivity contribution < 1.29 is 9.47 Å². The lowest BCUT2D eigenvalue weighted by atomic mass is 9.67. The second-order valence-electron chi connectivity index (χ2n) is 4.72. The first-order valence-electron chi connectivity index (χ1n) is 4.57. The van der Waals surface area contributed by atoms with Gasteiger partial charge in [-0.05, 0) is 5.41 Å². The topological polar surface area (TPSA) is 44.5 Å². The molecule has 2 fully saturated rings. The van der Waals surface area contributed by atoms with Crippen LogP contribution in [0.1, 0.15) is 26.7 Å². The van der Waals surface area contributed by atoms with Crippen LogP contribution in [0, 0.1) is 5.41 Å². The van der Waals surface area contributed by atoms with Gasteiger partial charge < -0.3 is 15.2 Å². The van der Waals surface area contributed by atoms with Crippen LogP contribution in [0.2, 0.25) is 0 Å². The highest BCUT2D eigenvalue weighted by Crippen LogP contribution is 2.53. The first kappa shape index (κ1) is 8.48. The van der Waals surface area contributed by atoms with Crippen LogP contribution >= 0.6 is 0 Å². The molecule has 1 aliphatic heterocycles. The van der Waals surface area contributed by atoms with Gasteiger partial charge in [-0.2, -0.15) is 0 Å². The van der Waals surface area contributed by atoms with Crippen molar-refractivity contribution in [1.82, 2.24) is 0 Å². The van der Waals surface area contributed by atoms with Gasteiger partial charge in [0.05, 0.1) is 12.7 Å². The van der Waals surface area contributed by atoms with E-state index in [9.17, 15) is 0 Å². The molecule has 0 aromatic rings. The minimum absolute atomic E-state index is 0.126. The molecule has 2 N–H and O–H groups in total. The molecule has 0 radical (unpaired) electrons. The maximum Gasteiger partial charge on any atom is 0.169 e. The standard InChI is InChI=1S/C9H17NO2/c1-8(2)5-9(6-8)11-4-7(3-10)12-9/h7H,3-6,10H2,1-2H3. The van der Waals surface area contributed by atoms with E-state index in [1.165, 1.54) is 0 Å². The van der Waals surface area contributed by atoms with Crippen molar-refractivity contribution in [1.29, 1.82) is 0 Å². The summed E-state index contributed by atoms with van der Waals surface area (Å²) in [6.45, 7) is 5.72. The van der Waals surface area contributed by atoms with E-state index >= 15 is 0 Å². The smallest absolute Gasteiger partial charge is 0.169 e. The summed E-state index contributed by atoms with van der Waals surface area (Å²) < 4.78 is 11.3. The van der Waals surface area contributed by atoms with Gasteiger partial charge in [0, 0.05) is 19.4 Å². The van der Waals surface area contributed by atoms with Crippen molar-refractivity contribution in [2.75, 3.05) is 13.2 Å².